The molecule has 3 rings (SSSR count). The first kappa shape index (κ1) is 14.1. The van der Waals surface area contributed by atoms with Gasteiger partial charge < -0.3 is 5.32 Å². The van der Waals surface area contributed by atoms with Crippen LogP contribution in [0.3, 0.4) is 0 Å². The van der Waals surface area contributed by atoms with Crippen LogP contribution in [0.1, 0.15) is 51.5 Å². The third kappa shape index (κ3) is 3.24. The second-order valence-electron chi connectivity index (χ2n) is 7.46. The van der Waals surface area contributed by atoms with Crippen LogP contribution in [0.5, 0.6) is 0 Å². The van der Waals surface area contributed by atoms with Gasteiger partial charge in [0.2, 0.25) is 0 Å². The minimum Gasteiger partial charge on any atom is -0.311 e. The summed E-state index contributed by atoms with van der Waals surface area (Å²) < 4.78 is 0. The van der Waals surface area contributed by atoms with Crippen LogP contribution in [0.25, 0.3) is 0 Å². The van der Waals surface area contributed by atoms with Crippen molar-refractivity contribution in [2.45, 2.75) is 63.6 Å². The first-order valence-corrected chi connectivity index (χ1v) is 8.10. The molecule has 2 heteroatoms. The highest BCUT2D eigenvalue weighted by molar-refractivity contribution is 5.27. The highest BCUT2D eigenvalue weighted by Gasteiger charge is 2.40. The number of piperidine rings is 1. The number of hydrogen-bond acceptors (Lipinski definition) is 2. The fourth-order valence-corrected chi connectivity index (χ4v) is 3.47. The molecule has 1 aromatic carbocycles. The summed E-state index contributed by atoms with van der Waals surface area (Å²) in [7, 11) is 0. The second-order valence-corrected chi connectivity index (χ2v) is 7.46. The molecule has 1 N–H and O–H groups in total. The van der Waals surface area contributed by atoms with E-state index in [2.05, 4.69) is 61.3 Å². The lowest BCUT2D eigenvalue weighted by Crippen LogP contribution is -2.50. The van der Waals surface area contributed by atoms with E-state index in [4.69, 9.17) is 0 Å². The third-order valence-corrected chi connectivity index (χ3v) is 4.91. The van der Waals surface area contributed by atoms with E-state index in [1.807, 2.05) is 0 Å². The van der Waals surface area contributed by atoms with Crippen molar-refractivity contribution in [2.24, 2.45) is 0 Å². The smallest absolute Gasteiger partial charge is 0.0145 e. The van der Waals surface area contributed by atoms with Gasteiger partial charge >= 0.3 is 0 Å². The molecule has 0 unspecified atom stereocenters. The third-order valence-electron chi connectivity index (χ3n) is 4.91. The molecule has 1 aromatic rings. The quantitative estimate of drug-likeness (QED) is 0.907. The second kappa shape index (κ2) is 5.50. The highest BCUT2D eigenvalue weighted by Crippen LogP contribution is 2.41. The molecule has 0 bridgehead atoms. The molecule has 1 heterocycles. The predicted molar refractivity (Wildman–Crippen MR) is 85.1 cm³/mol. The Kier molecular flexibility index (Phi) is 3.87. The van der Waals surface area contributed by atoms with Crippen LogP contribution >= 0.6 is 0 Å². The SMILES string of the molecule is CC(C)(C)N1CCC(N[C@@H]2C[C@H]2c2ccccc2)CC1. The lowest BCUT2D eigenvalue weighted by molar-refractivity contribution is 0.0959. The molecule has 1 saturated carbocycles. The molecule has 2 nitrogen and oxygen atoms in total. The number of nitrogens with one attached hydrogen (secondary N) is 1. The summed E-state index contributed by atoms with van der Waals surface area (Å²) in [6, 6.07) is 12.4. The molecule has 20 heavy (non-hydrogen) atoms. The van der Waals surface area contributed by atoms with Crippen molar-refractivity contribution in [3.8, 4) is 0 Å². The van der Waals surface area contributed by atoms with Gasteiger partial charge in [-0.25, -0.2) is 0 Å². The van der Waals surface area contributed by atoms with Gasteiger partial charge in [-0.3, -0.25) is 4.90 Å². The molecule has 2 atom stereocenters. The molecule has 0 spiro atoms. The molecule has 1 aliphatic heterocycles. The number of hydrogen-bond donors (Lipinski definition) is 1. The molecule has 1 saturated heterocycles. The monoisotopic (exact) mass is 272 g/mol. The minimum absolute atomic E-state index is 0.330. The van der Waals surface area contributed by atoms with Gasteiger partial charge in [-0.1, -0.05) is 30.3 Å². The molecule has 0 radical (unpaired) electrons. The Morgan fingerprint density at radius 2 is 1.70 bits per heavy atom. The van der Waals surface area contributed by atoms with E-state index < -0.39 is 0 Å². The standard InChI is InChI=1S/C18H28N2/c1-18(2,3)20-11-9-15(10-12-20)19-17-13-16(17)14-7-5-4-6-8-14/h4-8,15-17,19H,9-13H2,1-3H3/t16-,17+/m0/s1. The Morgan fingerprint density at radius 1 is 1.05 bits per heavy atom. The van der Waals surface area contributed by atoms with E-state index in [1.54, 1.807) is 0 Å². The summed E-state index contributed by atoms with van der Waals surface area (Å²) in [5, 5.41) is 3.89. The summed E-state index contributed by atoms with van der Waals surface area (Å²) in [4.78, 5) is 2.62. The lowest BCUT2D eigenvalue weighted by Gasteiger charge is -2.41. The summed E-state index contributed by atoms with van der Waals surface area (Å²) in [5.74, 6) is 0.761. The maximum Gasteiger partial charge on any atom is 0.0145 e. The van der Waals surface area contributed by atoms with Gasteiger partial charge in [0.15, 0.2) is 0 Å². The van der Waals surface area contributed by atoms with Crippen molar-refractivity contribution in [1.82, 2.24) is 10.2 Å². The molecule has 110 valence electrons. The summed E-state index contributed by atoms with van der Waals surface area (Å²) >= 11 is 0. The highest BCUT2D eigenvalue weighted by atomic mass is 15.2. The maximum atomic E-state index is 3.89. The van der Waals surface area contributed by atoms with E-state index in [0.29, 0.717) is 5.54 Å². The van der Waals surface area contributed by atoms with Crippen LogP contribution in [0, 0.1) is 0 Å². The van der Waals surface area contributed by atoms with Crippen molar-refractivity contribution in [1.29, 1.82) is 0 Å². The summed E-state index contributed by atoms with van der Waals surface area (Å²) in [5.41, 5.74) is 1.84. The van der Waals surface area contributed by atoms with Crippen LogP contribution in [0.2, 0.25) is 0 Å². The molecule has 0 aromatic heterocycles. The van der Waals surface area contributed by atoms with Gasteiger partial charge in [-0.15, -0.1) is 0 Å². The van der Waals surface area contributed by atoms with Gasteiger partial charge in [-0.05, 0) is 45.6 Å². The number of benzene rings is 1. The molecular weight excluding hydrogens is 244 g/mol. The van der Waals surface area contributed by atoms with Crippen LogP contribution in [0.15, 0.2) is 30.3 Å². The van der Waals surface area contributed by atoms with Crippen molar-refractivity contribution in [3.63, 3.8) is 0 Å². The van der Waals surface area contributed by atoms with Gasteiger partial charge in [0.05, 0.1) is 0 Å². The summed E-state index contributed by atoms with van der Waals surface area (Å²) in [6.45, 7) is 9.46. The van der Waals surface area contributed by atoms with E-state index in [1.165, 1.54) is 37.9 Å². The van der Waals surface area contributed by atoms with E-state index >= 15 is 0 Å². The first-order valence-electron chi connectivity index (χ1n) is 8.10. The van der Waals surface area contributed by atoms with E-state index in [9.17, 15) is 0 Å². The fourth-order valence-electron chi connectivity index (χ4n) is 3.47. The van der Waals surface area contributed by atoms with Crippen LogP contribution in [-0.4, -0.2) is 35.6 Å². The van der Waals surface area contributed by atoms with Crippen molar-refractivity contribution >= 4 is 0 Å². The Hall–Kier alpha value is -0.860. The largest absolute Gasteiger partial charge is 0.311 e. The molecular formula is C18H28N2. The van der Waals surface area contributed by atoms with E-state index in [0.717, 1.165) is 18.0 Å². The zero-order valence-electron chi connectivity index (χ0n) is 13.1. The minimum atomic E-state index is 0.330. The topological polar surface area (TPSA) is 15.3 Å². The van der Waals surface area contributed by atoms with Crippen LogP contribution in [-0.2, 0) is 0 Å². The lowest BCUT2D eigenvalue weighted by atomic mass is 9.98. The van der Waals surface area contributed by atoms with Gasteiger partial charge in [0.25, 0.3) is 0 Å². The van der Waals surface area contributed by atoms with Crippen molar-refractivity contribution in [3.05, 3.63) is 35.9 Å². The van der Waals surface area contributed by atoms with Gasteiger partial charge in [0.1, 0.15) is 0 Å². The number of nitrogens with zero attached hydrogens (tertiary/aromatic N) is 1. The molecule has 0 amide bonds. The fraction of sp³-hybridized carbons (Fsp3) is 0.667. The van der Waals surface area contributed by atoms with Gasteiger partial charge in [-0.2, -0.15) is 0 Å². The molecule has 1 aliphatic carbocycles. The number of rotatable bonds is 3. The maximum absolute atomic E-state index is 3.89. The average Bonchev–Trinajstić information content (AvgIpc) is 3.19. The average molecular weight is 272 g/mol. The van der Waals surface area contributed by atoms with E-state index in [-0.39, 0.29) is 0 Å². The Balaban J connectivity index is 1.46. The van der Waals surface area contributed by atoms with Gasteiger partial charge in [0, 0.05) is 36.6 Å². The number of likely N-dealkylation sites (tertiary alicyclic amines) is 1. The van der Waals surface area contributed by atoms with Crippen molar-refractivity contribution < 1.29 is 0 Å². The normalized spacial score (nSPS) is 28.6. The zero-order chi connectivity index (χ0) is 14.2. The molecule has 2 aliphatic rings. The first-order chi connectivity index (χ1) is 9.54. The Labute approximate surface area is 123 Å². The summed E-state index contributed by atoms with van der Waals surface area (Å²) in [6.07, 6.45) is 3.92. The Morgan fingerprint density at radius 3 is 2.30 bits per heavy atom. The van der Waals surface area contributed by atoms with Crippen LogP contribution < -0.4 is 5.32 Å². The zero-order valence-corrected chi connectivity index (χ0v) is 13.1. The molecule has 2 fully saturated rings. The van der Waals surface area contributed by atoms with Crippen molar-refractivity contribution in [2.75, 3.05) is 13.1 Å². The Bertz CT molecular complexity index is 426. The predicted octanol–water partition coefficient (Wildman–Crippen LogP) is 3.40. The van der Waals surface area contributed by atoms with Crippen LogP contribution in [0.4, 0.5) is 0 Å².